The fraction of sp³-hybridized carbons (Fsp3) is 0.562. The molecule has 0 heterocycles. The van der Waals surface area contributed by atoms with Gasteiger partial charge >= 0.3 is 0 Å². The molecule has 0 unspecified atom stereocenters. The zero-order valence-corrected chi connectivity index (χ0v) is 13.5. The van der Waals surface area contributed by atoms with E-state index < -0.39 is 0 Å². The Morgan fingerprint density at radius 2 is 1.84 bits per heavy atom. The van der Waals surface area contributed by atoms with Crippen LogP contribution < -0.4 is 0 Å². The maximum Gasteiger partial charge on any atom is 0.253 e. The van der Waals surface area contributed by atoms with Crippen molar-refractivity contribution in [2.75, 3.05) is 7.05 Å². The Bertz CT molecular complexity index is 444. The molecule has 0 N–H and O–H groups in total. The Morgan fingerprint density at radius 3 is 2.42 bits per heavy atom. The lowest BCUT2D eigenvalue weighted by Crippen LogP contribution is -2.39. The number of carbonyl (C=O) groups excluding carboxylic acids is 1. The fourth-order valence-corrected chi connectivity index (χ4v) is 3.47. The highest BCUT2D eigenvalue weighted by Gasteiger charge is 2.25. The number of benzene rings is 1. The highest BCUT2D eigenvalue weighted by atomic mass is 79.9. The highest BCUT2D eigenvalue weighted by molar-refractivity contribution is 9.10. The monoisotopic (exact) mass is 323 g/mol. The van der Waals surface area contributed by atoms with Crippen LogP contribution in [-0.4, -0.2) is 23.9 Å². The van der Waals surface area contributed by atoms with Gasteiger partial charge in [0.1, 0.15) is 0 Å². The van der Waals surface area contributed by atoms with Crippen LogP contribution in [0, 0.1) is 12.8 Å². The van der Waals surface area contributed by atoms with E-state index in [-0.39, 0.29) is 5.91 Å². The maximum atomic E-state index is 12.5. The zero-order chi connectivity index (χ0) is 14.0. The molecule has 2 rings (SSSR count). The maximum absolute atomic E-state index is 12.5. The molecule has 2 nitrogen and oxygen atoms in total. The number of nitrogens with zero attached hydrogens (tertiary/aromatic N) is 1. The van der Waals surface area contributed by atoms with Gasteiger partial charge in [0, 0.05) is 23.1 Å². The average molecular weight is 324 g/mol. The van der Waals surface area contributed by atoms with Gasteiger partial charge in [-0.15, -0.1) is 0 Å². The molecule has 0 atom stereocenters. The Kier molecular flexibility index (Phi) is 4.67. The smallest absolute Gasteiger partial charge is 0.253 e. The first-order valence-electron chi connectivity index (χ1n) is 7.01. The van der Waals surface area contributed by atoms with E-state index in [1.54, 1.807) is 0 Å². The van der Waals surface area contributed by atoms with Gasteiger partial charge in [0.15, 0.2) is 0 Å². The van der Waals surface area contributed by atoms with Crippen LogP contribution in [0.15, 0.2) is 22.7 Å². The van der Waals surface area contributed by atoms with Crippen molar-refractivity contribution in [3.63, 3.8) is 0 Å². The van der Waals surface area contributed by atoms with E-state index >= 15 is 0 Å². The first-order valence-corrected chi connectivity index (χ1v) is 7.81. The van der Waals surface area contributed by atoms with Gasteiger partial charge in [0.25, 0.3) is 5.91 Å². The summed E-state index contributed by atoms with van der Waals surface area (Å²) in [6.07, 6.45) is 4.74. The van der Waals surface area contributed by atoms with Gasteiger partial charge in [-0.25, -0.2) is 0 Å². The Labute approximate surface area is 124 Å². The third kappa shape index (κ3) is 3.59. The van der Waals surface area contributed by atoms with Crippen LogP contribution in [0.25, 0.3) is 0 Å². The van der Waals surface area contributed by atoms with Crippen LogP contribution in [0.1, 0.15) is 48.5 Å². The second-order valence-corrected chi connectivity index (χ2v) is 6.76. The molecule has 0 spiro atoms. The number of carbonyl (C=O) groups is 1. The van der Waals surface area contributed by atoms with E-state index in [0.717, 1.165) is 34.4 Å². The average Bonchev–Trinajstić information content (AvgIpc) is 2.37. The molecule has 0 radical (unpaired) electrons. The molecule has 1 amide bonds. The van der Waals surface area contributed by atoms with Crippen LogP contribution in [0.2, 0.25) is 0 Å². The minimum absolute atomic E-state index is 0.143. The summed E-state index contributed by atoms with van der Waals surface area (Å²) in [5, 5.41) is 0. The first-order chi connectivity index (χ1) is 8.97. The van der Waals surface area contributed by atoms with Crippen LogP contribution in [0.5, 0.6) is 0 Å². The van der Waals surface area contributed by atoms with Crippen LogP contribution in [-0.2, 0) is 0 Å². The molecule has 19 heavy (non-hydrogen) atoms. The molecule has 0 aliphatic heterocycles. The first kappa shape index (κ1) is 14.6. The summed E-state index contributed by atoms with van der Waals surface area (Å²) in [6.45, 7) is 4.32. The van der Waals surface area contributed by atoms with Crippen molar-refractivity contribution >= 4 is 21.8 Å². The number of amides is 1. The van der Waals surface area contributed by atoms with Crippen molar-refractivity contribution < 1.29 is 4.79 Å². The zero-order valence-electron chi connectivity index (χ0n) is 11.9. The van der Waals surface area contributed by atoms with Crippen LogP contribution >= 0.6 is 15.9 Å². The van der Waals surface area contributed by atoms with Gasteiger partial charge in [0.05, 0.1) is 0 Å². The molecule has 1 saturated carbocycles. The Morgan fingerprint density at radius 1 is 1.21 bits per heavy atom. The highest BCUT2D eigenvalue weighted by Crippen LogP contribution is 2.27. The molecule has 1 aliphatic carbocycles. The van der Waals surface area contributed by atoms with Crippen molar-refractivity contribution in [2.45, 2.75) is 45.6 Å². The van der Waals surface area contributed by atoms with Crippen molar-refractivity contribution in [1.82, 2.24) is 4.90 Å². The van der Waals surface area contributed by atoms with E-state index in [1.807, 2.05) is 37.1 Å². The standard InChI is InChI=1S/C16H22BrNO/c1-11-4-6-15(7-5-11)18(3)16(19)13-8-12(2)9-14(17)10-13/h8-11,15H,4-7H2,1-3H3. The quantitative estimate of drug-likeness (QED) is 0.789. The molecule has 1 aromatic carbocycles. The van der Waals surface area contributed by atoms with Crippen LogP contribution in [0.3, 0.4) is 0 Å². The SMILES string of the molecule is Cc1cc(Br)cc(C(=O)N(C)C2CCC(C)CC2)c1. The molecule has 104 valence electrons. The molecule has 0 bridgehead atoms. The van der Waals surface area contributed by atoms with E-state index in [9.17, 15) is 4.79 Å². The van der Waals surface area contributed by atoms with Crippen molar-refractivity contribution in [1.29, 1.82) is 0 Å². The van der Waals surface area contributed by atoms with Crippen molar-refractivity contribution in [2.24, 2.45) is 5.92 Å². The number of hydrogen-bond donors (Lipinski definition) is 0. The summed E-state index contributed by atoms with van der Waals surface area (Å²) < 4.78 is 0.974. The molecule has 1 fully saturated rings. The molecule has 1 aromatic rings. The molecular formula is C16H22BrNO. The van der Waals surface area contributed by atoms with Gasteiger partial charge in [0.2, 0.25) is 0 Å². The second-order valence-electron chi connectivity index (χ2n) is 5.85. The molecule has 0 aromatic heterocycles. The lowest BCUT2D eigenvalue weighted by atomic mass is 9.86. The number of rotatable bonds is 2. The summed E-state index contributed by atoms with van der Waals surface area (Å²) in [6, 6.07) is 6.31. The molecule has 1 aliphatic rings. The topological polar surface area (TPSA) is 20.3 Å². The largest absolute Gasteiger partial charge is 0.339 e. The molecule has 0 saturated heterocycles. The minimum Gasteiger partial charge on any atom is -0.339 e. The molecular weight excluding hydrogens is 302 g/mol. The number of aryl methyl sites for hydroxylation is 1. The third-order valence-corrected chi connectivity index (χ3v) is 4.60. The van der Waals surface area contributed by atoms with E-state index in [1.165, 1.54) is 12.8 Å². The summed E-state index contributed by atoms with van der Waals surface area (Å²) in [4.78, 5) is 14.5. The van der Waals surface area contributed by atoms with E-state index in [0.29, 0.717) is 6.04 Å². The molecule has 3 heteroatoms. The number of halogens is 1. The van der Waals surface area contributed by atoms with Crippen molar-refractivity contribution in [3.05, 3.63) is 33.8 Å². The lowest BCUT2D eigenvalue weighted by molar-refractivity contribution is 0.0679. The summed E-state index contributed by atoms with van der Waals surface area (Å²) in [7, 11) is 1.94. The van der Waals surface area contributed by atoms with Gasteiger partial charge in [-0.3, -0.25) is 4.79 Å². The van der Waals surface area contributed by atoms with Gasteiger partial charge in [-0.1, -0.05) is 22.9 Å². The Balaban J connectivity index is 2.10. The van der Waals surface area contributed by atoms with Crippen LogP contribution in [0.4, 0.5) is 0 Å². The van der Waals surface area contributed by atoms with Gasteiger partial charge < -0.3 is 4.90 Å². The lowest BCUT2D eigenvalue weighted by Gasteiger charge is -2.33. The summed E-state index contributed by atoms with van der Waals surface area (Å²) in [5.41, 5.74) is 1.90. The minimum atomic E-state index is 0.143. The Hall–Kier alpha value is -0.830. The normalized spacial score (nSPS) is 23.2. The fourth-order valence-electron chi connectivity index (χ4n) is 2.86. The van der Waals surface area contributed by atoms with Gasteiger partial charge in [-0.2, -0.15) is 0 Å². The summed E-state index contributed by atoms with van der Waals surface area (Å²) in [5.74, 6) is 0.955. The predicted octanol–water partition coefficient (Wildman–Crippen LogP) is 4.41. The van der Waals surface area contributed by atoms with Gasteiger partial charge in [-0.05, 0) is 62.3 Å². The third-order valence-electron chi connectivity index (χ3n) is 4.14. The second kappa shape index (κ2) is 6.08. The van der Waals surface area contributed by atoms with Crippen molar-refractivity contribution in [3.8, 4) is 0 Å². The van der Waals surface area contributed by atoms with E-state index in [4.69, 9.17) is 0 Å². The van der Waals surface area contributed by atoms with E-state index in [2.05, 4.69) is 22.9 Å². The number of hydrogen-bond acceptors (Lipinski definition) is 1. The summed E-state index contributed by atoms with van der Waals surface area (Å²) >= 11 is 3.46. The predicted molar refractivity (Wildman–Crippen MR) is 82.4 cm³/mol.